The first kappa shape index (κ1) is 12.1. The normalized spacial score (nSPS) is 10.7. The van der Waals surface area contributed by atoms with Gasteiger partial charge in [-0.2, -0.15) is 5.10 Å². The van der Waals surface area contributed by atoms with Gasteiger partial charge in [-0.05, 0) is 23.8 Å². The zero-order valence-corrected chi connectivity index (χ0v) is 11.2. The van der Waals surface area contributed by atoms with Crippen LogP contribution in [0.3, 0.4) is 0 Å². The molecule has 5 heteroatoms. The number of benzene rings is 1. The summed E-state index contributed by atoms with van der Waals surface area (Å²) < 4.78 is 1.85. The highest BCUT2D eigenvalue weighted by atomic mass is 32.1. The van der Waals surface area contributed by atoms with E-state index in [0.717, 1.165) is 23.8 Å². The first-order chi connectivity index (χ1) is 9.42. The Morgan fingerprint density at radius 3 is 2.68 bits per heavy atom. The highest BCUT2D eigenvalue weighted by Crippen LogP contribution is 2.09. The van der Waals surface area contributed by atoms with Gasteiger partial charge in [-0.25, -0.2) is 9.67 Å². The van der Waals surface area contributed by atoms with Crippen molar-refractivity contribution in [2.24, 2.45) is 0 Å². The van der Waals surface area contributed by atoms with Crippen LogP contribution in [0, 0.1) is 0 Å². The average molecular weight is 270 g/mol. The minimum Gasteiger partial charge on any atom is -0.306 e. The SMILES string of the molecule is c1cnn(-c2ccc(CNCc3nccs3)cc2)c1. The van der Waals surface area contributed by atoms with E-state index in [2.05, 4.69) is 39.7 Å². The highest BCUT2D eigenvalue weighted by Gasteiger charge is 1.98. The minimum atomic E-state index is 0.818. The Labute approximate surface area is 115 Å². The van der Waals surface area contributed by atoms with E-state index in [1.54, 1.807) is 17.5 Å². The van der Waals surface area contributed by atoms with Crippen molar-refractivity contribution in [3.8, 4) is 5.69 Å². The standard InChI is InChI=1S/C14H14N4S/c1-6-17-18(8-1)13-4-2-12(3-5-13)10-15-11-14-16-7-9-19-14/h1-9,15H,10-11H2. The Balaban J connectivity index is 1.57. The number of hydrogen-bond donors (Lipinski definition) is 1. The van der Waals surface area contributed by atoms with Gasteiger partial charge in [0, 0.05) is 37.1 Å². The minimum absolute atomic E-state index is 0.818. The molecule has 96 valence electrons. The molecule has 0 fully saturated rings. The van der Waals surface area contributed by atoms with Gasteiger partial charge in [0.05, 0.1) is 5.69 Å². The Kier molecular flexibility index (Phi) is 3.67. The molecule has 3 rings (SSSR count). The largest absolute Gasteiger partial charge is 0.306 e. The fraction of sp³-hybridized carbons (Fsp3) is 0.143. The van der Waals surface area contributed by atoms with Gasteiger partial charge in [-0.3, -0.25) is 0 Å². The second kappa shape index (κ2) is 5.77. The van der Waals surface area contributed by atoms with Gasteiger partial charge in [-0.1, -0.05) is 12.1 Å². The zero-order valence-electron chi connectivity index (χ0n) is 10.4. The molecule has 0 aliphatic rings. The maximum absolute atomic E-state index is 4.24. The molecule has 0 aliphatic carbocycles. The number of rotatable bonds is 5. The Morgan fingerprint density at radius 2 is 2.00 bits per heavy atom. The van der Waals surface area contributed by atoms with E-state index in [4.69, 9.17) is 0 Å². The molecule has 0 radical (unpaired) electrons. The quantitative estimate of drug-likeness (QED) is 0.775. The van der Waals surface area contributed by atoms with Crippen LogP contribution in [0.15, 0.2) is 54.3 Å². The van der Waals surface area contributed by atoms with Crippen molar-refractivity contribution in [1.29, 1.82) is 0 Å². The van der Waals surface area contributed by atoms with E-state index in [0.29, 0.717) is 0 Å². The Hall–Kier alpha value is -1.98. The lowest BCUT2D eigenvalue weighted by atomic mass is 10.2. The van der Waals surface area contributed by atoms with E-state index >= 15 is 0 Å². The predicted octanol–water partition coefficient (Wildman–Crippen LogP) is 2.62. The van der Waals surface area contributed by atoms with Gasteiger partial charge in [-0.15, -0.1) is 11.3 Å². The molecule has 0 bridgehead atoms. The van der Waals surface area contributed by atoms with Crippen molar-refractivity contribution in [2.45, 2.75) is 13.1 Å². The van der Waals surface area contributed by atoms with Crippen molar-refractivity contribution < 1.29 is 0 Å². The second-order valence-corrected chi connectivity index (χ2v) is 5.13. The van der Waals surface area contributed by atoms with Crippen molar-refractivity contribution in [2.75, 3.05) is 0 Å². The van der Waals surface area contributed by atoms with Crippen LogP contribution in [0.1, 0.15) is 10.6 Å². The van der Waals surface area contributed by atoms with Gasteiger partial charge < -0.3 is 5.32 Å². The molecular weight excluding hydrogens is 256 g/mol. The predicted molar refractivity (Wildman–Crippen MR) is 76.2 cm³/mol. The van der Waals surface area contributed by atoms with E-state index in [1.165, 1.54) is 5.56 Å². The van der Waals surface area contributed by atoms with Gasteiger partial charge in [0.25, 0.3) is 0 Å². The molecule has 0 aliphatic heterocycles. The molecule has 0 amide bonds. The Bertz CT molecular complexity index is 599. The lowest BCUT2D eigenvalue weighted by molar-refractivity contribution is 0.689. The molecule has 0 atom stereocenters. The summed E-state index contributed by atoms with van der Waals surface area (Å²) in [5, 5.41) is 10.7. The molecule has 1 N–H and O–H groups in total. The monoisotopic (exact) mass is 270 g/mol. The van der Waals surface area contributed by atoms with Crippen molar-refractivity contribution in [3.63, 3.8) is 0 Å². The summed E-state index contributed by atoms with van der Waals surface area (Å²) in [4.78, 5) is 4.24. The number of aromatic nitrogens is 3. The molecule has 3 aromatic rings. The number of nitrogens with zero attached hydrogens (tertiary/aromatic N) is 3. The van der Waals surface area contributed by atoms with Crippen LogP contribution in [0.4, 0.5) is 0 Å². The first-order valence-corrected chi connectivity index (χ1v) is 6.98. The number of nitrogens with one attached hydrogen (secondary N) is 1. The van der Waals surface area contributed by atoms with Gasteiger partial charge in [0.15, 0.2) is 0 Å². The van der Waals surface area contributed by atoms with Gasteiger partial charge >= 0.3 is 0 Å². The third-order valence-corrected chi connectivity index (χ3v) is 3.57. The Morgan fingerprint density at radius 1 is 1.11 bits per heavy atom. The topological polar surface area (TPSA) is 42.7 Å². The average Bonchev–Trinajstić information content (AvgIpc) is 3.13. The molecule has 4 nitrogen and oxygen atoms in total. The van der Waals surface area contributed by atoms with Crippen LogP contribution in [0.25, 0.3) is 5.69 Å². The third-order valence-electron chi connectivity index (χ3n) is 2.79. The lowest BCUT2D eigenvalue weighted by Crippen LogP contribution is -2.12. The second-order valence-electron chi connectivity index (χ2n) is 4.15. The zero-order chi connectivity index (χ0) is 12.9. The van der Waals surface area contributed by atoms with Crippen LogP contribution < -0.4 is 5.32 Å². The summed E-state index contributed by atoms with van der Waals surface area (Å²) in [7, 11) is 0. The molecule has 0 spiro atoms. The fourth-order valence-corrected chi connectivity index (χ4v) is 2.43. The fourth-order valence-electron chi connectivity index (χ4n) is 1.84. The van der Waals surface area contributed by atoms with Crippen molar-refractivity contribution in [1.82, 2.24) is 20.1 Å². The molecule has 2 heterocycles. The van der Waals surface area contributed by atoms with Crippen LogP contribution in [-0.2, 0) is 13.1 Å². The number of thiazole rings is 1. The third kappa shape index (κ3) is 3.07. The van der Waals surface area contributed by atoms with E-state index in [-0.39, 0.29) is 0 Å². The highest BCUT2D eigenvalue weighted by molar-refractivity contribution is 7.09. The van der Waals surface area contributed by atoms with Crippen LogP contribution >= 0.6 is 11.3 Å². The summed E-state index contributed by atoms with van der Waals surface area (Å²) in [5.74, 6) is 0. The van der Waals surface area contributed by atoms with Gasteiger partial charge in [0.2, 0.25) is 0 Å². The molecule has 1 aromatic carbocycles. The van der Waals surface area contributed by atoms with E-state index < -0.39 is 0 Å². The lowest BCUT2D eigenvalue weighted by Gasteiger charge is -2.05. The van der Waals surface area contributed by atoms with Crippen LogP contribution in [-0.4, -0.2) is 14.8 Å². The number of hydrogen-bond acceptors (Lipinski definition) is 4. The molecule has 0 saturated heterocycles. The van der Waals surface area contributed by atoms with E-state index in [1.807, 2.05) is 28.5 Å². The molecular formula is C14H14N4S. The molecule has 19 heavy (non-hydrogen) atoms. The maximum Gasteiger partial charge on any atom is 0.106 e. The molecule has 0 saturated carbocycles. The first-order valence-electron chi connectivity index (χ1n) is 6.10. The molecule has 0 unspecified atom stereocenters. The van der Waals surface area contributed by atoms with Gasteiger partial charge in [0.1, 0.15) is 5.01 Å². The smallest absolute Gasteiger partial charge is 0.106 e. The summed E-state index contributed by atoms with van der Waals surface area (Å²) in [6, 6.07) is 10.3. The maximum atomic E-state index is 4.24. The summed E-state index contributed by atoms with van der Waals surface area (Å²) in [6.07, 6.45) is 5.56. The van der Waals surface area contributed by atoms with Crippen molar-refractivity contribution in [3.05, 3.63) is 64.9 Å². The van der Waals surface area contributed by atoms with E-state index in [9.17, 15) is 0 Å². The summed E-state index contributed by atoms with van der Waals surface area (Å²) in [5.41, 5.74) is 2.33. The van der Waals surface area contributed by atoms with Crippen LogP contribution in [0.5, 0.6) is 0 Å². The van der Waals surface area contributed by atoms with Crippen LogP contribution in [0.2, 0.25) is 0 Å². The summed E-state index contributed by atoms with van der Waals surface area (Å²) >= 11 is 1.67. The van der Waals surface area contributed by atoms with Crippen molar-refractivity contribution >= 4 is 11.3 Å². The summed E-state index contributed by atoms with van der Waals surface area (Å²) in [6.45, 7) is 1.66. The molecule has 2 aromatic heterocycles.